The van der Waals surface area contributed by atoms with Crippen LogP contribution in [0.1, 0.15) is 36.6 Å². The molecule has 0 spiro atoms. The van der Waals surface area contributed by atoms with Gasteiger partial charge < -0.3 is 14.7 Å². The third-order valence-corrected chi connectivity index (χ3v) is 3.84. The Kier molecular flexibility index (Phi) is 4.78. The van der Waals surface area contributed by atoms with Crippen molar-refractivity contribution in [1.82, 2.24) is 4.90 Å². The van der Waals surface area contributed by atoms with Crippen LogP contribution in [-0.4, -0.2) is 36.2 Å². The van der Waals surface area contributed by atoms with E-state index in [1.807, 2.05) is 30.9 Å². The molecule has 1 atom stereocenters. The molecule has 110 valence electrons. The second-order valence-corrected chi connectivity index (χ2v) is 5.72. The van der Waals surface area contributed by atoms with Gasteiger partial charge in [-0.15, -0.1) is 0 Å². The molecule has 1 aromatic rings. The maximum absolute atomic E-state index is 11.9. The first-order valence-electron chi connectivity index (χ1n) is 7.09. The summed E-state index contributed by atoms with van der Waals surface area (Å²) in [5.41, 5.74) is 3.34. The molecule has 0 aliphatic carbocycles. The van der Waals surface area contributed by atoms with E-state index in [0.29, 0.717) is 6.54 Å². The molecule has 0 saturated carbocycles. The van der Waals surface area contributed by atoms with Crippen molar-refractivity contribution in [2.45, 2.75) is 32.9 Å². The van der Waals surface area contributed by atoms with Crippen molar-refractivity contribution in [2.75, 3.05) is 20.3 Å². The Balaban J connectivity index is 2.17. The monoisotopic (exact) mass is 277 g/mol. The summed E-state index contributed by atoms with van der Waals surface area (Å²) in [7, 11) is 1.53. The summed E-state index contributed by atoms with van der Waals surface area (Å²) in [6.07, 6.45) is 0.411. The van der Waals surface area contributed by atoms with Crippen LogP contribution in [0, 0.1) is 5.92 Å². The molecule has 20 heavy (non-hydrogen) atoms. The van der Waals surface area contributed by atoms with Crippen LogP contribution in [0.2, 0.25) is 0 Å². The highest BCUT2D eigenvalue weighted by Crippen LogP contribution is 2.26. The van der Waals surface area contributed by atoms with E-state index in [4.69, 9.17) is 4.74 Å². The van der Waals surface area contributed by atoms with E-state index in [2.05, 4.69) is 6.07 Å². The summed E-state index contributed by atoms with van der Waals surface area (Å²) >= 11 is 0. The lowest BCUT2D eigenvalue weighted by molar-refractivity contribution is -0.136. The zero-order valence-electron chi connectivity index (χ0n) is 12.4. The maximum atomic E-state index is 11.9. The van der Waals surface area contributed by atoms with E-state index in [-0.39, 0.29) is 18.4 Å². The molecular formula is C16H23NO3. The first-order chi connectivity index (χ1) is 9.52. The lowest BCUT2D eigenvalue weighted by Crippen LogP contribution is -2.38. The van der Waals surface area contributed by atoms with Gasteiger partial charge in [-0.1, -0.05) is 32.0 Å². The summed E-state index contributed by atoms with van der Waals surface area (Å²) in [6, 6.07) is 6.11. The topological polar surface area (TPSA) is 49.8 Å². The van der Waals surface area contributed by atoms with Gasteiger partial charge in [-0.25, -0.2) is 0 Å². The quantitative estimate of drug-likeness (QED) is 0.914. The van der Waals surface area contributed by atoms with Gasteiger partial charge in [-0.05, 0) is 29.0 Å². The van der Waals surface area contributed by atoms with Gasteiger partial charge in [0.2, 0.25) is 5.91 Å². The molecule has 1 heterocycles. The first-order valence-corrected chi connectivity index (χ1v) is 7.09. The van der Waals surface area contributed by atoms with Gasteiger partial charge in [0, 0.05) is 20.2 Å². The van der Waals surface area contributed by atoms with Crippen molar-refractivity contribution < 1.29 is 14.6 Å². The zero-order chi connectivity index (χ0) is 14.7. The number of amides is 1. The van der Waals surface area contributed by atoms with E-state index < -0.39 is 6.10 Å². The Morgan fingerprint density at radius 2 is 2.15 bits per heavy atom. The zero-order valence-corrected chi connectivity index (χ0v) is 12.4. The fraction of sp³-hybridized carbons (Fsp3) is 0.562. The van der Waals surface area contributed by atoms with Gasteiger partial charge in [-0.2, -0.15) is 0 Å². The predicted molar refractivity (Wildman–Crippen MR) is 77.2 cm³/mol. The van der Waals surface area contributed by atoms with Crippen LogP contribution in [0.15, 0.2) is 18.2 Å². The van der Waals surface area contributed by atoms with Crippen LogP contribution in [0.4, 0.5) is 0 Å². The highest BCUT2D eigenvalue weighted by molar-refractivity contribution is 5.77. The number of carbonyl (C=O) groups excluding carboxylic acids is 1. The van der Waals surface area contributed by atoms with Gasteiger partial charge in [0.05, 0.1) is 6.10 Å². The molecule has 0 fully saturated rings. The second-order valence-electron chi connectivity index (χ2n) is 5.72. The van der Waals surface area contributed by atoms with Gasteiger partial charge >= 0.3 is 0 Å². The molecule has 0 aromatic heterocycles. The Labute approximate surface area is 120 Å². The minimum absolute atomic E-state index is 0.0213. The summed E-state index contributed by atoms with van der Waals surface area (Å²) in [6.45, 7) is 5.47. The lowest BCUT2D eigenvalue weighted by Gasteiger charge is -2.29. The van der Waals surface area contributed by atoms with Gasteiger partial charge in [0.1, 0.15) is 6.61 Å². The SMILES string of the molecule is COCC(=O)N1CCc2ccc(C(O)C(C)C)cc2C1. The molecule has 0 saturated heterocycles. The molecule has 1 aliphatic heterocycles. The highest BCUT2D eigenvalue weighted by atomic mass is 16.5. The number of aliphatic hydroxyl groups excluding tert-OH is 1. The Hall–Kier alpha value is -1.39. The maximum Gasteiger partial charge on any atom is 0.248 e. The molecule has 0 radical (unpaired) electrons. The van der Waals surface area contributed by atoms with Crippen LogP contribution in [0.3, 0.4) is 0 Å². The number of nitrogens with zero attached hydrogens (tertiary/aromatic N) is 1. The Morgan fingerprint density at radius 1 is 1.40 bits per heavy atom. The highest BCUT2D eigenvalue weighted by Gasteiger charge is 2.22. The predicted octanol–water partition coefficient (Wildman–Crippen LogP) is 1.91. The van der Waals surface area contributed by atoms with Crippen molar-refractivity contribution in [2.24, 2.45) is 5.92 Å². The third-order valence-electron chi connectivity index (χ3n) is 3.84. The number of carbonyl (C=O) groups is 1. The summed E-state index contributed by atoms with van der Waals surface area (Å²) in [5.74, 6) is 0.204. The smallest absolute Gasteiger partial charge is 0.248 e. The number of ether oxygens (including phenoxy) is 1. The molecular weight excluding hydrogens is 254 g/mol. The Morgan fingerprint density at radius 3 is 2.80 bits per heavy atom. The number of hydrogen-bond acceptors (Lipinski definition) is 3. The second kappa shape index (κ2) is 6.37. The normalized spacial score (nSPS) is 16.1. The van der Waals surface area contributed by atoms with Crippen molar-refractivity contribution in [3.63, 3.8) is 0 Å². The number of aliphatic hydroxyl groups is 1. The van der Waals surface area contributed by atoms with Crippen LogP contribution < -0.4 is 0 Å². The van der Waals surface area contributed by atoms with Crippen LogP contribution >= 0.6 is 0 Å². The molecule has 2 rings (SSSR count). The fourth-order valence-electron chi connectivity index (χ4n) is 2.57. The van der Waals surface area contributed by atoms with E-state index in [0.717, 1.165) is 24.1 Å². The largest absolute Gasteiger partial charge is 0.388 e. The standard InChI is InChI=1S/C16H23NO3/c1-11(2)16(19)13-5-4-12-6-7-17(9-14(12)8-13)15(18)10-20-3/h4-5,8,11,16,19H,6-7,9-10H2,1-3H3. The minimum Gasteiger partial charge on any atom is -0.388 e. The third kappa shape index (κ3) is 3.19. The average Bonchev–Trinajstić information content (AvgIpc) is 2.45. The van der Waals surface area contributed by atoms with Gasteiger partial charge in [0.25, 0.3) is 0 Å². The number of benzene rings is 1. The summed E-state index contributed by atoms with van der Waals surface area (Å²) in [5, 5.41) is 10.2. The van der Waals surface area contributed by atoms with Gasteiger partial charge in [-0.3, -0.25) is 4.79 Å². The van der Waals surface area contributed by atoms with Gasteiger partial charge in [0.15, 0.2) is 0 Å². The lowest BCUT2D eigenvalue weighted by atomic mass is 9.92. The molecule has 1 unspecified atom stereocenters. The molecule has 0 bridgehead atoms. The molecule has 1 aromatic carbocycles. The molecule has 4 nitrogen and oxygen atoms in total. The van der Waals surface area contributed by atoms with E-state index in [1.54, 1.807) is 0 Å². The van der Waals surface area contributed by atoms with E-state index in [1.165, 1.54) is 12.7 Å². The van der Waals surface area contributed by atoms with Crippen LogP contribution in [-0.2, 0) is 22.5 Å². The summed E-state index contributed by atoms with van der Waals surface area (Å²) < 4.78 is 4.91. The van der Waals surface area contributed by atoms with Crippen LogP contribution in [0.25, 0.3) is 0 Å². The van der Waals surface area contributed by atoms with Crippen molar-refractivity contribution >= 4 is 5.91 Å². The van der Waals surface area contributed by atoms with Crippen molar-refractivity contribution in [1.29, 1.82) is 0 Å². The van der Waals surface area contributed by atoms with Crippen molar-refractivity contribution in [3.8, 4) is 0 Å². The van der Waals surface area contributed by atoms with Crippen molar-refractivity contribution in [3.05, 3.63) is 34.9 Å². The molecule has 1 N–H and O–H groups in total. The fourth-order valence-corrected chi connectivity index (χ4v) is 2.57. The van der Waals surface area contributed by atoms with Crippen LogP contribution in [0.5, 0.6) is 0 Å². The number of hydrogen-bond donors (Lipinski definition) is 1. The minimum atomic E-state index is -0.453. The first kappa shape index (κ1) is 15.0. The van der Waals surface area contributed by atoms with E-state index in [9.17, 15) is 9.90 Å². The summed E-state index contributed by atoms with van der Waals surface area (Å²) in [4.78, 5) is 13.7. The number of fused-ring (bicyclic) bond motifs is 1. The molecule has 4 heteroatoms. The molecule has 1 amide bonds. The average molecular weight is 277 g/mol. The molecule has 1 aliphatic rings. The number of methoxy groups -OCH3 is 1. The number of rotatable bonds is 4. The van der Waals surface area contributed by atoms with E-state index >= 15 is 0 Å². The Bertz CT molecular complexity index is 485.